The number of ether oxygens (including phenoxy) is 1. The van der Waals surface area contributed by atoms with Crippen molar-refractivity contribution in [2.24, 2.45) is 0 Å². The third-order valence-corrected chi connectivity index (χ3v) is 7.96. The molecule has 0 saturated carbocycles. The number of carbonyl (C=O) groups is 1. The third kappa shape index (κ3) is 6.66. The molecule has 1 atom stereocenters. The summed E-state index contributed by atoms with van der Waals surface area (Å²) in [4.78, 5) is 13.9. The maximum atomic E-state index is 12.6. The van der Waals surface area contributed by atoms with E-state index in [1.165, 1.54) is 18.1 Å². The number of aryl methyl sites for hydroxylation is 1. The molecule has 2 aliphatic rings. The number of allylic oxidation sites excluding steroid dienone is 1. The van der Waals surface area contributed by atoms with Crippen LogP contribution in [0.2, 0.25) is 10.0 Å². The summed E-state index contributed by atoms with van der Waals surface area (Å²) in [6.45, 7) is 3.80. The van der Waals surface area contributed by atoms with Crippen molar-refractivity contribution in [2.75, 3.05) is 31.6 Å². The fraction of sp³-hybridized carbons (Fsp3) is 0.344. The molecule has 0 aromatic heterocycles. The van der Waals surface area contributed by atoms with Gasteiger partial charge in [0.1, 0.15) is 11.9 Å². The smallest absolute Gasteiger partial charge is 0.221 e. The molecule has 5 rings (SSSR count). The van der Waals surface area contributed by atoms with Crippen molar-refractivity contribution < 1.29 is 13.9 Å². The van der Waals surface area contributed by atoms with Crippen LogP contribution >= 0.6 is 23.2 Å². The number of benzene rings is 3. The van der Waals surface area contributed by atoms with E-state index in [1.54, 1.807) is 6.07 Å². The zero-order valence-corrected chi connectivity index (χ0v) is 23.6. The monoisotopic (exact) mass is 566 g/mol. The van der Waals surface area contributed by atoms with Gasteiger partial charge in [0, 0.05) is 42.3 Å². The van der Waals surface area contributed by atoms with E-state index in [0.717, 1.165) is 79.0 Å². The second-order valence-corrected chi connectivity index (χ2v) is 11.1. The molecular weight excluding hydrogens is 534 g/mol. The highest BCUT2D eigenvalue weighted by atomic mass is 35.5. The van der Waals surface area contributed by atoms with Crippen LogP contribution in [-0.2, 0) is 11.2 Å². The Bertz CT molecular complexity index is 1370. The molecule has 0 unspecified atom stereocenters. The third-order valence-electron chi connectivity index (χ3n) is 7.41. The van der Waals surface area contributed by atoms with Crippen molar-refractivity contribution in [3.05, 3.63) is 93.0 Å². The van der Waals surface area contributed by atoms with Gasteiger partial charge in [-0.25, -0.2) is 0 Å². The number of rotatable bonds is 8. The summed E-state index contributed by atoms with van der Waals surface area (Å²) in [7, 11) is 0. The Kier molecular flexibility index (Phi) is 8.91. The average molecular weight is 568 g/mol. The average Bonchev–Trinajstić information content (AvgIpc) is 3.27. The van der Waals surface area contributed by atoms with Gasteiger partial charge < -0.3 is 10.1 Å². The molecule has 1 aliphatic carbocycles. The molecule has 0 bridgehead atoms. The SMILES string of the molecule is CC(=O)Nc1ccc2c(c1)CCCC(c1ccc(Cl)cc1Cl)=C2c1ccc(O[C@H]2CCN(CCCF)C2)cc1. The predicted octanol–water partition coefficient (Wildman–Crippen LogP) is 8.06. The predicted molar refractivity (Wildman–Crippen MR) is 159 cm³/mol. The number of nitrogens with one attached hydrogen (secondary N) is 1. The van der Waals surface area contributed by atoms with Crippen molar-refractivity contribution in [3.63, 3.8) is 0 Å². The first kappa shape index (κ1) is 27.7. The number of amides is 1. The summed E-state index contributed by atoms with van der Waals surface area (Å²) >= 11 is 13.0. The lowest BCUT2D eigenvalue weighted by Crippen LogP contribution is -2.26. The van der Waals surface area contributed by atoms with E-state index in [9.17, 15) is 9.18 Å². The van der Waals surface area contributed by atoms with Crippen molar-refractivity contribution in [1.29, 1.82) is 0 Å². The Labute approximate surface area is 239 Å². The first-order valence-corrected chi connectivity index (χ1v) is 14.3. The largest absolute Gasteiger partial charge is 0.489 e. The molecule has 1 aliphatic heterocycles. The van der Waals surface area contributed by atoms with E-state index in [2.05, 4.69) is 34.5 Å². The van der Waals surface area contributed by atoms with Crippen molar-refractivity contribution in [2.45, 2.75) is 45.1 Å². The van der Waals surface area contributed by atoms with Crippen LogP contribution in [0.4, 0.5) is 10.1 Å². The molecular formula is C32H33Cl2FN2O2. The number of halogens is 3. The fourth-order valence-corrected chi connectivity index (χ4v) is 6.20. The summed E-state index contributed by atoms with van der Waals surface area (Å²) in [5.74, 6) is 0.744. The second kappa shape index (κ2) is 12.5. The summed E-state index contributed by atoms with van der Waals surface area (Å²) in [5.41, 5.74) is 7.49. The number of alkyl halides is 1. The number of likely N-dealkylation sites (tertiary alicyclic amines) is 1. The standard InChI is InChI=1S/C32H33Cl2FN2O2/c1-21(38)36-25-9-13-28-23(18-25)4-2-5-30(29-12-8-24(33)19-31(29)34)32(28)22-6-10-26(11-7-22)39-27-14-17-37(20-27)16-3-15-35/h6-13,18-19,27H,2-5,14-17,20H2,1H3,(H,36,38)/t27-/m0/s1. The van der Waals surface area contributed by atoms with Gasteiger partial charge in [-0.1, -0.05) is 47.5 Å². The normalized spacial score (nSPS) is 17.6. The van der Waals surface area contributed by atoms with E-state index in [-0.39, 0.29) is 18.7 Å². The van der Waals surface area contributed by atoms with E-state index < -0.39 is 0 Å². The number of fused-ring (bicyclic) bond motifs is 1. The van der Waals surface area contributed by atoms with Gasteiger partial charge in [0.15, 0.2) is 0 Å². The van der Waals surface area contributed by atoms with Crippen LogP contribution in [0.5, 0.6) is 5.75 Å². The number of nitrogens with zero attached hydrogens (tertiary/aromatic N) is 1. The van der Waals surface area contributed by atoms with Crippen LogP contribution in [0.25, 0.3) is 11.1 Å². The molecule has 204 valence electrons. The second-order valence-electron chi connectivity index (χ2n) is 10.3. The number of carbonyl (C=O) groups excluding carboxylic acids is 1. The summed E-state index contributed by atoms with van der Waals surface area (Å²) in [6.07, 6.45) is 4.34. The summed E-state index contributed by atoms with van der Waals surface area (Å²) in [5, 5.41) is 4.15. The number of hydrogen-bond donors (Lipinski definition) is 1. The van der Waals surface area contributed by atoms with Gasteiger partial charge in [0.25, 0.3) is 0 Å². The first-order chi connectivity index (χ1) is 18.9. The van der Waals surface area contributed by atoms with E-state index in [1.807, 2.05) is 30.3 Å². The molecule has 4 nitrogen and oxygen atoms in total. The number of hydrogen-bond acceptors (Lipinski definition) is 3. The highest BCUT2D eigenvalue weighted by molar-refractivity contribution is 6.36. The van der Waals surface area contributed by atoms with Gasteiger partial charge >= 0.3 is 0 Å². The van der Waals surface area contributed by atoms with E-state index >= 15 is 0 Å². The van der Waals surface area contributed by atoms with Crippen molar-refractivity contribution in [1.82, 2.24) is 4.90 Å². The van der Waals surface area contributed by atoms with Crippen LogP contribution in [0.15, 0.2) is 60.7 Å². The Balaban J connectivity index is 1.50. The van der Waals surface area contributed by atoms with Gasteiger partial charge in [0.2, 0.25) is 5.91 Å². The molecule has 3 aromatic rings. The Morgan fingerprint density at radius 3 is 2.59 bits per heavy atom. The lowest BCUT2D eigenvalue weighted by atomic mass is 9.87. The molecule has 39 heavy (non-hydrogen) atoms. The minimum Gasteiger partial charge on any atom is -0.489 e. The molecule has 0 radical (unpaired) electrons. The zero-order valence-electron chi connectivity index (χ0n) is 22.1. The highest BCUT2D eigenvalue weighted by Gasteiger charge is 2.25. The summed E-state index contributed by atoms with van der Waals surface area (Å²) in [6, 6.07) is 20.1. The van der Waals surface area contributed by atoms with Gasteiger partial charge in [-0.3, -0.25) is 14.1 Å². The molecule has 1 heterocycles. The highest BCUT2D eigenvalue weighted by Crippen LogP contribution is 2.43. The van der Waals surface area contributed by atoms with E-state index in [0.29, 0.717) is 16.5 Å². The minimum atomic E-state index is -0.278. The Morgan fingerprint density at radius 1 is 1.05 bits per heavy atom. The van der Waals surface area contributed by atoms with Crippen LogP contribution in [0.1, 0.15) is 54.9 Å². The maximum Gasteiger partial charge on any atom is 0.221 e. The maximum absolute atomic E-state index is 12.6. The first-order valence-electron chi connectivity index (χ1n) is 13.6. The van der Waals surface area contributed by atoms with Crippen LogP contribution in [0, 0.1) is 0 Å². The molecule has 1 fully saturated rings. The zero-order chi connectivity index (χ0) is 27.4. The molecule has 7 heteroatoms. The molecule has 0 spiro atoms. The molecule has 3 aromatic carbocycles. The van der Waals surface area contributed by atoms with Crippen LogP contribution < -0.4 is 10.1 Å². The van der Waals surface area contributed by atoms with Crippen LogP contribution in [0.3, 0.4) is 0 Å². The van der Waals surface area contributed by atoms with Gasteiger partial charge in [0.05, 0.1) is 6.67 Å². The van der Waals surface area contributed by atoms with Gasteiger partial charge in [-0.2, -0.15) is 0 Å². The lowest BCUT2D eigenvalue weighted by Gasteiger charge is -2.19. The minimum absolute atomic E-state index is 0.0867. The topological polar surface area (TPSA) is 41.6 Å². The lowest BCUT2D eigenvalue weighted by molar-refractivity contribution is -0.114. The Morgan fingerprint density at radius 2 is 1.85 bits per heavy atom. The van der Waals surface area contributed by atoms with Gasteiger partial charge in [-0.05, 0) is 102 Å². The fourth-order valence-electron chi connectivity index (χ4n) is 5.67. The Hall–Kier alpha value is -2.86. The number of anilines is 1. The molecule has 1 N–H and O–H groups in total. The van der Waals surface area contributed by atoms with E-state index in [4.69, 9.17) is 27.9 Å². The van der Waals surface area contributed by atoms with Gasteiger partial charge in [-0.15, -0.1) is 0 Å². The van der Waals surface area contributed by atoms with Crippen molar-refractivity contribution in [3.8, 4) is 5.75 Å². The quantitative estimate of drug-likeness (QED) is 0.299. The summed E-state index contributed by atoms with van der Waals surface area (Å²) < 4.78 is 18.8. The molecule has 1 saturated heterocycles. The molecule has 1 amide bonds. The van der Waals surface area contributed by atoms with Crippen LogP contribution in [-0.4, -0.2) is 43.2 Å². The van der Waals surface area contributed by atoms with Crippen molar-refractivity contribution >= 4 is 45.9 Å².